The van der Waals surface area contributed by atoms with Gasteiger partial charge < -0.3 is 20.3 Å². The molecule has 2 aliphatic rings. The van der Waals surface area contributed by atoms with E-state index in [4.69, 9.17) is 4.74 Å². The second-order valence-electron chi connectivity index (χ2n) is 6.01. The van der Waals surface area contributed by atoms with Gasteiger partial charge in [0.05, 0.1) is 19.1 Å². The number of carbonyl (C=O) groups excluding carboxylic acids is 2. The Morgan fingerprint density at radius 3 is 2.57 bits per heavy atom. The third-order valence-corrected chi connectivity index (χ3v) is 4.37. The van der Waals surface area contributed by atoms with E-state index in [1.54, 1.807) is 29.2 Å². The van der Waals surface area contributed by atoms with Gasteiger partial charge >= 0.3 is 0 Å². The molecule has 2 fully saturated rings. The number of piperidine rings is 1. The van der Waals surface area contributed by atoms with E-state index in [9.17, 15) is 9.59 Å². The molecule has 0 aromatic heterocycles. The van der Waals surface area contributed by atoms with Crippen molar-refractivity contribution in [3.05, 3.63) is 29.8 Å². The highest BCUT2D eigenvalue weighted by molar-refractivity contribution is 5.96. The zero-order chi connectivity index (χ0) is 16.1. The number of amides is 2. The first-order chi connectivity index (χ1) is 11.2. The Morgan fingerprint density at radius 2 is 1.91 bits per heavy atom. The predicted octanol–water partition coefficient (Wildman–Crippen LogP) is 1.10. The van der Waals surface area contributed by atoms with Gasteiger partial charge in [-0.1, -0.05) is 0 Å². The van der Waals surface area contributed by atoms with Gasteiger partial charge in [0.15, 0.2) is 0 Å². The van der Waals surface area contributed by atoms with Crippen molar-refractivity contribution >= 4 is 17.5 Å². The van der Waals surface area contributed by atoms with Gasteiger partial charge in [0.2, 0.25) is 5.91 Å². The second kappa shape index (κ2) is 7.57. The lowest BCUT2D eigenvalue weighted by atomic mass is 9.99. The molecular weight excluding hydrogens is 294 g/mol. The molecule has 0 bridgehead atoms. The molecule has 1 aromatic carbocycles. The van der Waals surface area contributed by atoms with E-state index in [-0.39, 0.29) is 17.7 Å². The summed E-state index contributed by atoms with van der Waals surface area (Å²) in [5, 5.41) is 6.17. The summed E-state index contributed by atoms with van der Waals surface area (Å²) < 4.78 is 5.26. The number of anilines is 1. The maximum Gasteiger partial charge on any atom is 0.254 e. The van der Waals surface area contributed by atoms with Crippen molar-refractivity contribution in [2.24, 2.45) is 5.92 Å². The van der Waals surface area contributed by atoms with Gasteiger partial charge in [0, 0.05) is 30.9 Å². The highest BCUT2D eigenvalue weighted by Crippen LogP contribution is 2.16. The van der Waals surface area contributed by atoms with E-state index < -0.39 is 0 Å². The number of nitrogens with zero attached hydrogens (tertiary/aromatic N) is 1. The lowest BCUT2D eigenvalue weighted by Gasteiger charge is -2.27. The van der Waals surface area contributed by atoms with Crippen LogP contribution in [0, 0.1) is 5.92 Å². The summed E-state index contributed by atoms with van der Waals surface area (Å²) >= 11 is 0. The van der Waals surface area contributed by atoms with E-state index >= 15 is 0 Å². The number of hydrogen-bond acceptors (Lipinski definition) is 4. The molecule has 1 aromatic rings. The van der Waals surface area contributed by atoms with Crippen LogP contribution in [0.1, 0.15) is 23.2 Å². The summed E-state index contributed by atoms with van der Waals surface area (Å²) in [4.78, 5) is 26.3. The van der Waals surface area contributed by atoms with Gasteiger partial charge in [-0.15, -0.1) is 0 Å². The lowest BCUT2D eigenvalue weighted by molar-refractivity contribution is -0.120. The number of hydrogen-bond donors (Lipinski definition) is 2. The van der Waals surface area contributed by atoms with Gasteiger partial charge in [0.1, 0.15) is 0 Å². The van der Waals surface area contributed by atoms with Crippen LogP contribution in [0.2, 0.25) is 0 Å². The molecule has 1 unspecified atom stereocenters. The smallest absolute Gasteiger partial charge is 0.254 e. The minimum absolute atomic E-state index is 0.0163. The largest absolute Gasteiger partial charge is 0.378 e. The van der Waals surface area contributed by atoms with Gasteiger partial charge in [0.25, 0.3) is 5.91 Å². The first kappa shape index (κ1) is 16.0. The Morgan fingerprint density at radius 1 is 1.17 bits per heavy atom. The summed E-state index contributed by atoms with van der Waals surface area (Å²) in [7, 11) is 0. The second-order valence-corrected chi connectivity index (χ2v) is 6.01. The first-order valence-corrected chi connectivity index (χ1v) is 8.23. The van der Waals surface area contributed by atoms with Crippen LogP contribution in [-0.2, 0) is 9.53 Å². The molecule has 2 heterocycles. The summed E-state index contributed by atoms with van der Waals surface area (Å²) in [5.41, 5.74) is 1.38. The zero-order valence-corrected chi connectivity index (χ0v) is 13.2. The third kappa shape index (κ3) is 4.09. The molecule has 0 spiro atoms. The van der Waals surface area contributed by atoms with Crippen LogP contribution >= 0.6 is 0 Å². The molecule has 23 heavy (non-hydrogen) atoms. The minimum Gasteiger partial charge on any atom is -0.378 e. The van der Waals surface area contributed by atoms with Crippen LogP contribution in [0.15, 0.2) is 24.3 Å². The monoisotopic (exact) mass is 317 g/mol. The molecule has 0 aliphatic carbocycles. The van der Waals surface area contributed by atoms with Crippen molar-refractivity contribution in [2.45, 2.75) is 12.8 Å². The minimum atomic E-state index is 0.0163. The van der Waals surface area contributed by atoms with Crippen LogP contribution in [0.25, 0.3) is 0 Å². The highest BCUT2D eigenvalue weighted by atomic mass is 16.5. The number of benzene rings is 1. The lowest BCUT2D eigenvalue weighted by Crippen LogP contribution is -2.40. The SMILES string of the molecule is O=C(Nc1ccc(C(=O)N2CCOCC2)cc1)C1CCCNC1. The first-order valence-electron chi connectivity index (χ1n) is 8.23. The molecular formula is C17H23N3O3. The Bertz CT molecular complexity index is 547. The summed E-state index contributed by atoms with van der Waals surface area (Å²) in [6.45, 7) is 4.17. The van der Waals surface area contributed by atoms with Crippen molar-refractivity contribution in [3.8, 4) is 0 Å². The molecule has 3 rings (SSSR count). The van der Waals surface area contributed by atoms with Crippen molar-refractivity contribution in [3.63, 3.8) is 0 Å². The van der Waals surface area contributed by atoms with Crippen LogP contribution in [-0.4, -0.2) is 56.1 Å². The van der Waals surface area contributed by atoms with Crippen LogP contribution in [0.4, 0.5) is 5.69 Å². The van der Waals surface area contributed by atoms with Crippen molar-refractivity contribution < 1.29 is 14.3 Å². The van der Waals surface area contributed by atoms with Gasteiger partial charge in [-0.3, -0.25) is 9.59 Å². The molecule has 2 aliphatic heterocycles. The number of morpholine rings is 1. The summed E-state index contributed by atoms with van der Waals surface area (Å²) in [6, 6.07) is 7.13. The van der Waals surface area contributed by atoms with Crippen molar-refractivity contribution in [1.29, 1.82) is 0 Å². The summed E-state index contributed by atoms with van der Waals surface area (Å²) in [5.74, 6) is 0.0884. The third-order valence-electron chi connectivity index (χ3n) is 4.37. The Balaban J connectivity index is 1.58. The van der Waals surface area contributed by atoms with Crippen molar-refractivity contribution in [2.75, 3.05) is 44.7 Å². The predicted molar refractivity (Wildman–Crippen MR) is 87.4 cm³/mol. The number of nitrogens with one attached hydrogen (secondary N) is 2. The molecule has 0 saturated carbocycles. The molecule has 6 heteroatoms. The molecule has 2 N–H and O–H groups in total. The molecule has 0 radical (unpaired) electrons. The highest BCUT2D eigenvalue weighted by Gasteiger charge is 2.21. The van der Waals surface area contributed by atoms with Crippen LogP contribution in [0.5, 0.6) is 0 Å². The normalized spacial score (nSPS) is 21.7. The van der Waals surface area contributed by atoms with Gasteiger partial charge in [-0.2, -0.15) is 0 Å². The molecule has 2 saturated heterocycles. The average Bonchev–Trinajstić information content (AvgIpc) is 2.63. The van der Waals surface area contributed by atoms with E-state index in [0.29, 0.717) is 31.9 Å². The zero-order valence-electron chi connectivity index (χ0n) is 13.2. The van der Waals surface area contributed by atoms with E-state index in [1.165, 1.54) is 0 Å². The molecule has 1 atom stereocenters. The number of rotatable bonds is 3. The van der Waals surface area contributed by atoms with Crippen molar-refractivity contribution in [1.82, 2.24) is 10.2 Å². The van der Waals surface area contributed by atoms with Gasteiger partial charge in [-0.05, 0) is 43.7 Å². The Labute approximate surface area is 136 Å². The van der Waals surface area contributed by atoms with E-state index in [1.807, 2.05) is 0 Å². The van der Waals surface area contributed by atoms with Crippen LogP contribution < -0.4 is 10.6 Å². The van der Waals surface area contributed by atoms with E-state index in [0.717, 1.165) is 31.6 Å². The fourth-order valence-corrected chi connectivity index (χ4v) is 2.97. The molecule has 2 amide bonds. The fraction of sp³-hybridized carbons (Fsp3) is 0.529. The fourth-order valence-electron chi connectivity index (χ4n) is 2.97. The Kier molecular flexibility index (Phi) is 5.25. The maximum atomic E-state index is 12.4. The standard InChI is InChI=1S/C17H23N3O3/c21-16(14-2-1-7-18-12-14)19-15-5-3-13(4-6-15)17(22)20-8-10-23-11-9-20/h3-6,14,18H,1-2,7-12H2,(H,19,21). The van der Waals surface area contributed by atoms with Crippen LogP contribution in [0.3, 0.4) is 0 Å². The quantitative estimate of drug-likeness (QED) is 0.876. The van der Waals surface area contributed by atoms with Gasteiger partial charge in [-0.25, -0.2) is 0 Å². The average molecular weight is 317 g/mol. The Hall–Kier alpha value is -1.92. The number of ether oxygens (including phenoxy) is 1. The molecule has 6 nitrogen and oxygen atoms in total. The number of carbonyl (C=O) groups is 2. The molecule has 124 valence electrons. The maximum absolute atomic E-state index is 12.4. The topological polar surface area (TPSA) is 70.7 Å². The summed E-state index contributed by atoms with van der Waals surface area (Å²) in [6.07, 6.45) is 1.96. The van der Waals surface area contributed by atoms with E-state index in [2.05, 4.69) is 10.6 Å².